The van der Waals surface area contributed by atoms with E-state index in [1.165, 1.54) is 6.07 Å². The van der Waals surface area contributed by atoms with E-state index in [-0.39, 0.29) is 12.0 Å². The molecule has 2 N–H and O–H groups in total. The molecule has 1 fully saturated rings. The second kappa shape index (κ2) is 8.44. The fourth-order valence-corrected chi connectivity index (χ4v) is 4.07. The van der Waals surface area contributed by atoms with E-state index in [4.69, 9.17) is 9.84 Å². The van der Waals surface area contributed by atoms with Crippen LogP contribution in [0.5, 0.6) is 5.88 Å². The molecule has 4 aromatic rings. The van der Waals surface area contributed by atoms with Crippen molar-refractivity contribution in [1.82, 2.24) is 19.9 Å². The van der Waals surface area contributed by atoms with Crippen molar-refractivity contribution in [3.05, 3.63) is 60.4 Å². The number of fused-ring (bicyclic) bond motifs is 1. The molecular formula is C24H19F3N4O3. The van der Waals surface area contributed by atoms with Gasteiger partial charge in [-0.15, -0.1) is 0 Å². The number of rotatable bonds is 5. The molecule has 0 spiro atoms. The summed E-state index contributed by atoms with van der Waals surface area (Å²) in [6.07, 6.45) is 0.392. The molecule has 1 aliphatic rings. The van der Waals surface area contributed by atoms with Gasteiger partial charge in [-0.1, -0.05) is 0 Å². The van der Waals surface area contributed by atoms with Crippen LogP contribution in [0.25, 0.3) is 33.7 Å². The van der Waals surface area contributed by atoms with Gasteiger partial charge in [-0.2, -0.15) is 13.2 Å². The van der Waals surface area contributed by atoms with Crippen LogP contribution >= 0.6 is 0 Å². The molecule has 0 aliphatic heterocycles. The summed E-state index contributed by atoms with van der Waals surface area (Å²) in [7, 11) is 0. The number of carboxylic acids is 1. The molecule has 7 nitrogen and oxygen atoms in total. The van der Waals surface area contributed by atoms with Crippen molar-refractivity contribution in [2.75, 3.05) is 0 Å². The van der Waals surface area contributed by atoms with Gasteiger partial charge in [0.1, 0.15) is 11.9 Å². The number of hydrogen-bond donors (Lipinski definition) is 2. The summed E-state index contributed by atoms with van der Waals surface area (Å²) in [5.41, 5.74) is 2.04. The zero-order chi connectivity index (χ0) is 23.9. The Morgan fingerprint density at radius 3 is 2.47 bits per heavy atom. The van der Waals surface area contributed by atoms with Crippen molar-refractivity contribution in [2.45, 2.75) is 31.5 Å². The van der Waals surface area contributed by atoms with Crippen LogP contribution in [-0.2, 0) is 11.0 Å². The molecule has 5 rings (SSSR count). The highest BCUT2D eigenvalue weighted by molar-refractivity contribution is 5.80. The van der Waals surface area contributed by atoms with Crippen molar-refractivity contribution in [2.24, 2.45) is 5.92 Å². The largest absolute Gasteiger partial charge is 0.481 e. The van der Waals surface area contributed by atoms with Gasteiger partial charge >= 0.3 is 12.1 Å². The molecule has 0 amide bonds. The number of aromatic amines is 1. The number of nitrogens with one attached hydrogen (secondary N) is 1. The van der Waals surface area contributed by atoms with Crippen LogP contribution in [0, 0.1) is 5.92 Å². The van der Waals surface area contributed by atoms with E-state index < -0.39 is 17.7 Å². The zero-order valence-electron chi connectivity index (χ0n) is 17.7. The van der Waals surface area contributed by atoms with E-state index in [0.717, 1.165) is 17.7 Å². The molecule has 34 heavy (non-hydrogen) atoms. The zero-order valence-corrected chi connectivity index (χ0v) is 17.7. The predicted octanol–water partition coefficient (Wildman–Crippen LogP) is 5.34. The number of carboxylic acid groups (broad SMARTS) is 1. The molecule has 0 unspecified atom stereocenters. The van der Waals surface area contributed by atoms with Gasteiger partial charge in [0.2, 0.25) is 5.88 Å². The summed E-state index contributed by atoms with van der Waals surface area (Å²) in [6, 6.07) is 10.5. The molecule has 10 heteroatoms. The van der Waals surface area contributed by atoms with Crippen molar-refractivity contribution in [3.63, 3.8) is 0 Å². The molecule has 3 aromatic heterocycles. The Morgan fingerprint density at radius 1 is 1.03 bits per heavy atom. The summed E-state index contributed by atoms with van der Waals surface area (Å²) < 4.78 is 44.6. The number of aromatic nitrogens is 4. The number of H-pyrrole nitrogens is 1. The molecule has 1 aliphatic carbocycles. The highest BCUT2D eigenvalue weighted by Gasteiger charge is 2.31. The third kappa shape index (κ3) is 4.43. The van der Waals surface area contributed by atoms with Gasteiger partial charge in [0, 0.05) is 29.6 Å². The van der Waals surface area contributed by atoms with Crippen molar-refractivity contribution < 1.29 is 27.8 Å². The van der Waals surface area contributed by atoms with Crippen LogP contribution in [0.2, 0.25) is 0 Å². The highest BCUT2D eigenvalue weighted by Crippen LogP contribution is 2.32. The van der Waals surface area contributed by atoms with E-state index in [1.807, 2.05) is 6.07 Å². The van der Waals surface area contributed by atoms with E-state index in [9.17, 15) is 18.0 Å². The maximum Gasteiger partial charge on any atom is 0.416 e. The number of imidazole rings is 1. The third-order valence-corrected chi connectivity index (χ3v) is 5.90. The number of benzene rings is 1. The molecular weight excluding hydrogens is 449 g/mol. The summed E-state index contributed by atoms with van der Waals surface area (Å²) in [4.78, 5) is 27.1. The van der Waals surface area contributed by atoms with Gasteiger partial charge in [0.05, 0.1) is 28.2 Å². The predicted molar refractivity (Wildman–Crippen MR) is 117 cm³/mol. The quantitative estimate of drug-likeness (QED) is 0.410. The molecule has 0 bridgehead atoms. The topological polar surface area (TPSA) is 101 Å². The first kappa shape index (κ1) is 21.9. The minimum atomic E-state index is -4.42. The second-order valence-corrected chi connectivity index (χ2v) is 8.22. The number of halogens is 3. The van der Waals surface area contributed by atoms with Crippen molar-refractivity contribution >= 4 is 17.0 Å². The summed E-state index contributed by atoms with van der Waals surface area (Å²) in [6.45, 7) is 0. The lowest BCUT2D eigenvalue weighted by Gasteiger charge is -2.12. The molecule has 0 radical (unpaired) electrons. The molecule has 2 atom stereocenters. The lowest BCUT2D eigenvalue weighted by atomic mass is 10.1. The van der Waals surface area contributed by atoms with Crippen LogP contribution in [0.15, 0.2) is 54.9 Å². The molecule has 174 valence electrons. The lowest BCUT2D eigenvalue weighted by molar-refractivity contribution is -0.141. The normalized spacial score (nSPS) is 18.3. The van der Waals surface area contributed by atoms with Crippen molar-refractivity contribution in [1.29, 1.82) is 0 Å². The Balaban J connectivity index is 1.29. The van der Waals surface area contributed by atoms with E-state index in [0.29, 0.717) is 53.3 Å². The number of alkyl halides is 3. The first-order valence-corrected chi connectivity index (χ1v) is 10.7. The SMILES string of the molecule is O=C(O)[C@H]1CC[C@H](Oc2ccc(-c3ccc(-c4nc5ccc(C(F)(F)F)cc5[nH]4)cn3)cn2)C1. The standard InChI is InChI=1S/C24H19F3N4O3/c25-24(26,27)16-4-7-19-20(10-16)31-22(30-19)15-2-6-18(28-12-15)14-3-8-21(29-11-14)34-17-5-1-13(9-17)23(32)33/h2-4,6-8,10-13,17H,1,5,9H2,(H,30,31)(H,32,33)/t13-,17-/m0/s1. The monoisotopic (exact) mass is 468 g/mol. The smallest absolute Gasteiger partial charge is 0.416 e. The van der Waals surface area contributed by atoms with Gasteiger partial charge < -0.3 is 14.8 Å². The van der Waals surface area contributed by atoms with Crippen LogP contribution in [0.4, 0.5) is 13.2 Å². The summed E-state index contributed by atoms with van der Waals surface area (Å²) >= 11 is 0. The van der Waals surface area contributed by atoms with Crippen LogP contribution in [0.3, 0.4) is 0 Å². The van der Waals surface area contributed by atoms with Gasteiger partial charge in [-0.3, -0.25) is 9.78 Å². The maximum atomic E-state index is 12.9. The Bertz CT molecular complexity index is 1330. The Kier molecular flexibility index (Phi) is 5.43. The molecule has 1 aromatic carbocycles. The minimum absolute atomic E-state index is 0.159. The van der Waals surface area contributed by atoms with Crippen LogP contribution < -0.4 is 4.74 Å². The maximum absolute atomic E-state index is 12.9. The van der Waals surface area contributed by atoms with Gasteiger partial charge in [0.25, 0.3) is 0 Å². The first-order chi connectivity index (χ1) is 16.3. The Hall–Kier alpha value is -3.95. The van der Waals surface area contributed by atoms with E-state index in [1.54, 1.807) is 30.6 Å². The third-order valence-electron chi connectivity index (χ3n) is 5.90. The van der Waals surface area contributed by atoms with Crippen LogP contribution in [0.1, 0.15) is 24.8 Å². The molecule has 0 saturated heterocycles. The number of aliphatic carboxylic acids is 1. The number of pyridine rings is 2. The first-order valence-electron chi connectivity index (χ1n) is 10.7. The summed E-state index contributed by atoms with van der Waals surface area (Å²) in [5, 5.41) is 9.10. The lowest BCUT2D eigenvalue weighted by Crippen LogP contribution is -2.16. The Labute approximate surface area is 191 Å². The number of carbonyl (C=O) groups is 1. The van der Waals surface area contributed by atoms with Crippen molar-refractivity contribution in [3.8, 4) is 28.5 Å². The second-order valence-electron chi connectivity index (χ2n) is 8.22. The average Bonchev–Trinajstić information content (AvgIpc) is 3.46. The number of hydrogen-bond acceptors (Lipinski definition) is 5. The van der Waals surface area contributed by atoms with Gasteiger partial charge in [-0.25, -0.2) is 9.97 Å². The number of ether oxygens (including phenoxy) is 1. The highest BCUT2D eigenvalue weighted by atomic mass is 19.4. The molecule has 3 heterocycles. The minimum Gasteiger partial charge on any atom is -0.481 e. The van der Waals surface area contributed by atoms with E-state index in [2.05, 4.69) is 19.9 Å². The van der Waals surface area contributed by atoms with Gasteiger partial charge in [0.15, 0.2) is 0 Å². The van der Waals surface area contributed by atoms with Gasteiger partial charge in [-0.05, 0) is 55.7 Å². The fourth-order valence-electron chi connectivity index (χ4n) is 4.07. The average molecular weight is 468 g/mol. The number of nitrogens with zero attached hydrogens (tertiary/aromatic N) is 3. The summed E-state index contributed by atoms with van der Waals surface area (Å²) in [5.74, 6) is -0.313. The van der Waals surface area contributed by atoms with Crippen LogP contribution in [-0.4, -0.2) is 37.1 Å². The molecule has 1 saturated carbocycles. The van der Waals surface area contributed by atoms with E-state index >= 15 is 0 Å². The Morgan fingerprint density at radius 2 is 1.82 bits per heavy atom. The fraction of sp³-hybridized carbons (Fsp3) is 0.250.